The van der Waals surface area contributed by atoms with Crippen LogP contribution in [0, 0.1) is 11.3 Å². The van der Waals surface area contributed by atoms with Gasteiger partial charge in [0.1, 0.15) is 25.3 Å². The first-order valence-electron chi connectivity index (χ1n) is 15.4. The number of rotatable bonds is 14. The van der Waals surface area contributed by atoms with Crippen LogP contribution in [0.15, 0.2) is 78.9 Å². The number of alkyl carbamates (subject to hydrolysis) is 1. The molecule has 1 aliphatic rings. The molecule has 0 aliphatic heterocycles. The van der Waals surface area contributed by atoms with Crippen molar-refractivity contribution in [2.45, 2.75) is 57.7 Å². The zero-order valence-electron chi connectivity index (χ0n) is 26.1. The molecule has 4 rings (SSSR count). The summed E-state index contributed by atoms with van der Waals surface area (Å²) in [5.41, 5.74) is 5.26. The highest BCUT2D eigenvalue weighted by molar-refractivity contribution is 5.90. The van der Waals surface area contributed by atoms with Crippen molar-refractivity contribution in [2.24, 2.45) is 5.92 Å². The fourth-order valence-electron chi connectivity index (χ4n) is 5.40. The van der Waals surface area contributed by atoms with E-state index in [0.717, 1.165) is 27.8 Å². The molecule has 0 bridgehead atoms. The Balaban J connectivity index is 1.42. The summed E-state index contributed by atoms with van der Waals surface area (Å²) in [7, 11) is 1.64. The van der Waals surface area contributed by atoms with E-state index in [9.17, 15) is 14.4 Å². The molecule has 45 heavy (non-hydrogen) atoms. The summed E-state index contributed by atoms with van der Waals surface area (Å²) in [6.45, 7) is 4.41. The second-order valence-electron chi connectivity index (χ2n) is 11.2. The maximum atomic E-state index is 13.6. The van der Waals surface area contributed by atoms with E-state index in [-0.39, 0.29) is 37.4 Å². The van der Waals surface area contributed by atoms with Crippen LogP contribution in [0.1, 0.15) is 55.7 Å². The molecule has 0 spiro atoms. The third kappa shape index (κ3) is 8.84. The Morgan fingerprint density at radius 3 is 2.11 bits per heavy atom. The molecule has 238 valence electrons. The van der Waals surface area contributed by atoms with Gasteiger partial charge in [-0.3, -0.25) is 10.2 Å². The average Bonchev–Trinajstić information content (AvgIpc) is 3.39. The van der Waals surface area contributed by atoms with E-state index in [1.165, 1.54) is 0 Å². The summed E-state index contributed by atoms with van der Waals surface area (Å²) in [5, 5.41) is 18.9. The molecule has 0 aromatic heterocycles. The molecule has 0 heterocycles. The first-order valence-corrected chi connectivity index (χ1v) is 15.4. The number of carbonyl (C=O) groups is 3. The third-order valence-electron chi connectivity index (χ3n) is 8.16. The van der Waals surface area contributed by atoms with Crippen molar-refractivity contribution in [2.75, 3.05) is 20.2 Å². The Morgan fingerprint density at radius 1 is 0.867 bits per heavy atom. The van der Waals surface area contributed by atoms with Gasteiger partial charge in [0.2, 0.25) is 5.91 Å². The molecule has 5 N–H and O–H groups in total. The van der Waals surface area contributed by atoms with Crippen LogP contribution >= 0.6 is 0 Å². The molecule has 0 saturated heterocycles. The first-order chi connectivity index (χ1) is 21.8. The Labute approximate surface area is 264 Å². The predicted molar refractivity (Wildman–Crippen MR) is 174 cm³/mol. The van der Waals surface area contributed by atoms with Gasteiger partial charge < -0.3 is 30.7 Å². The first kappa shape index (κ1) is 33.0. The van der Waals surface area contributed by atoms with E-state index < -0.39 is 30.1 Å². The molecule has 0 saturated carbocycles. The highest BCUT2D eigenvalue weighted by atomic mass is 16.5. The Hall–Kier alpha value is -4.86. The lowest BCUT2D eigenvalue weighted by molar-refractivity contribution is -0.151. The topological polar surface area (TPSA) is 142 Å². The minimum Gasteiger partial charge on any atom is -0.459 e. The van der Waals surface area contributed by atoms with E-state index in [1.54, 1.807) is 7.05 Å². The van der Waals surface area contributed by atoms with Crippen LogP contribution in [-0.2, 0) is 25.7 Å². The van der Waals surface area contributed by atoms with Crippen molar-refractivity contribution in [1.82, 2.24) is 21.3 Å². The van der Waals surface area contributed by atoms with Gasteiger partial charge in [0.05, 0.1) is 0 Å². The lowest BCUT2D eigenvalue weighted by Gasteiger charge is -2.26. The van der Waals surface area contributed by atoms with Crippen molar-refractivity contribution in [3.8, 4) is 11.1 Å². The van der Waals surface area contributed by atoms with E-state index >= 15 is 0 Å². The number of guanidine groups is 1. The maximum Gasteiger partial charge on any atom is 0.407 e. The highest BCUT2D eigenvalue weighted by Gasteiger charge is 2.32. The fourth-order valence-corrected chi connectivity index (χ4v) is 5.40. The van der Waals surface area contributed by atoms with Gasteiger partial charge in [0, 0.05) is 19.5 Å². The van der Waals surface area contributed by atoms with Gasteiger partial charge in [-0.1, -0.05) is 99.1 Å². The molecule has 10 heteroatoms. The monoisotopic (exact) mass is 613 g/mol. The molecule has 10 nitrogen and oxygen atoms in total. The number of fused-ring (bicyclic) bond motifs is 3. The molecule has 1 unspecified atom stereocenters. The Morgan fingerprint density at radius 2 is 1.49 bits per heavy atom. The second-order valence-corrected chi connectivity index (χ2v) is 11.2. The van der Waals surface area contributed by atoms with Crippen molar-refractivity contribution >= 4 is 23.9 Å². The number of nitrogens with one attached hydrogen (secondary N) is 5. The van der Waals surface area contributed by atoms with Gasteiger partial charge in [-0.2, -0.15) is 0 Å². The summed E-state index contributed by atoms with van der Waals surface area (Å²) < 4.78 is 11.3. The smallest absolute Gasteiger partial charge is 0.407 e. The molecule has 0 fully saturated rings. The van der Waals surface area contributed by atoms with Gasteiger partial charge >= 0.3 is 12.1 Å². The predicted octanol–water partition coefficient (Wildman–Crippen LogP) is 4.69. The number of amides is 2. The zero-order valence-corrected chi connectivity index (χ0v) is 26.1. The molecular weight excluding hydrogens is 570 g/mol. The summed E-state index contributed by atoms with van der Waals surface area (Å²) in [4.78, 5) is 39.9. The Kier molecular flexibility index (Phi) is 12.0. The van der Waals surface area contributed by atoms with Crippen LogP contribution < -0.4 is 21.3 Å². The molecule has 3 aromatic rings. The van der Waals surface area contributed by atoms with Crippen LogP contribution in [0.4, 0.5) is 4.79 Å². The number of carbonyl (C=O) groups excluding carboxylic acids is 3. The van der Waals surface area contributed by atoms with Crippen LogP contribution in [0.25, 0.3) is 11.1 Å². The highest BCUT2D eigenvalue weighted by Crippen LogP contribution is 2.44. The number of ether oxygens (including phenoxy) is 2. The summed E-state index contributed by atoms with van der Waals surface area (Å²) in [6, 6.07) is 23.6. The molecule has 3 aromatic carbocycles. The van der Waals surface area contributed by atoms with E-state index in [4.69, 9.17) is 14.9 Å². The summed E-state index contributed by atoms with van der Waals surface area (Å²) >= 11 is 0. The third-order valence-corrected chi connectivity index (χ3v) is 8.16. The molecule has 2 amide bonds. The van der Waals surface area contributed by atoms with Crippen LogP contribution in [0.2, 0.25) is 0 Å². The lowest BCUT2D eigenvalue weighted by atomic mass is 9.98. The lowest BCUT2D eigenvalue weighted by Crippen LogP contribution is -2.54. The molecule has 1 aliphatic carbocycles. The van der Waals surface area contributed by atoms with Gasteiger partial charge in [-0.05, 0) is 46.6 Å². The largest absolute Gasteiger partial charge is 0.459 e. The summed E-state index contributed by atoms with van der Waals surface area (Å²) in [6.07, 6.45) is 0.635. The minimum absolute atomic E-state index is 0.0903. The number of benzene rings is 3. The van der Waals surface area contributed by atoms with Gasteiger partial charge in [0.15, 0.2) is 5.96 Å². The Bertz CT molecular complexity index is 1420. The number of esters is 1. The molecule has 3 atom stereocenters. The second kappa shape index (κ2) is 16.3. The van der Waals surface area contributed by atoms with Gasteiger partial charge in [-0.15, -0.1) is 0 Å². The number of hydrogen-bond acceptors (Lipinski definition) is 6. The van der Waals surface area contributed by atoms with Gasteiger partial charge in [0.25, 0.3) is 0 Å². The minimum atomic E-state index is -0.973. The van der Waals surface area contributed by atoms with E-state index in [0.29, 0.717) is 19.4 Å². The maximum absolute atomic E-state index is 13.6. The van der Waals surface area contributed by atoms with Crippen LogP contribution in [-0.4, -0.2) is 56.2 Å². The SMILES string of the molecule is CCC(C)[C@H](NC(=O)[C@@H](CCCNC(=N)NC)NC(=O)OCC1c2ccccc2-c2ccccc21)C(=O)OCc1ccccc1. The fraction of sp³-hybridized carbons (Fsp3) is 0.371. The quantitative estimate of drug-likeness (QED) is 0.0769. The standard InChI is InChI=1S/C35H43N5O5/c1-4-23(2)31(33(42)44-21-24-13-6-5-7-14-24)40-32(41)30(19-12-20-38-34(36)37-3)39-35(43)45-22-29-27-17-10-8-15-25(27)26-16-9-11-18-28(26)29/h5-11,13-18,23,29-31H,4,12,19-22H2,1-3H3,(H,39,43)(H,40,41)(H3,36,37,38)/t23?,30-,31+/m1/s1. The van der Waals surface area contributed by atoms with Crippen LogP contribution in [0.3, 0.4) is 0 Å². The van der Waals surface area contributed by atoms with Crippen molar-refractivity contribution < 1.29 is 23.9 Å². The molecular formula is C35H43N5O5. The normalized spacial score (nSPS) is 13.8. The average molecular weight is 614 g/mol. The van der Waals surface area contributed by atoms with Crippen molar-refractivity contribution in [3.63, 3.8) is 0 Å². The summed E-state index contributed by atoms with van der Waals surface area (Å²) in [5.74, 6) is -1.22. The number of hydrogen-bond donors (Lipinski definition) is 5. The van der Waals surface area contributed by atoms with Crippen molar-refractivity contribution in [3.05, 3.63) is 95.6 Å². The molecule has 0 radical (unpaired) electrons. The van der Waals surface area contributed by atoms with Gasteiger partial charge in [-0.25, -0.2) is 9.59 Å². The van der Waals surface area contributed by atoms with Crippen LogP contribution in [0.5, 0.6) is 0 Å². The van der Waals surface area contributed by atoms with E-state index in [1.807, 2.05) is 80.6 Å². The zero-order chi connectivity index (χ0) is 32.2. The van der Waals surface area contributed by atoms with E-state index in [2.05, 4.69) is 33.4 Å². The van der Waals surface area contributed by atoms with Crippen molar-refractivity contribution in [1.29, 1.82) is 5.41 Å².